The molecule has 1 aromatic rings. The molecular formula is C11H9Cl2NO2S. The number of hydrogen-bond acceptors (Lipinski definition) is 3. The standard InChI is InChI=1S/C11H9Cl2NO2S/c12-6-1-2-7(8(13)5-6)10(15)14-9-3-4-17-11(9)16/h1-2,5,9H,3-4H2,(H,14,15). The number of amides is 1. The predicted molar refractivity (Wildman–Crippen MR) is 69.8 cm³/mol. The molecular weight excluding hydrogens is 281 g/mol. The average molecular weight is 290 g/mol. The summed E-state index contributed by atoms with van der Waals surface area (Å²) in [6.07, 6.45) is 0.667. The van der Waals surface area contributed by atoms with Gasteiger partial charge in [0.25, 0.3) is 5.91 Å². The third-order valence-corrected chi connectivity index (χ3v) is 3.97. The molecule has 1 atom stereocenters. The first-order valence-electron chi connectivity index (χ1n) is 5.00. The Morgan fingerprint density at radius 3 is 2.76 bits per heavy atom. The smallest absolute Gasteiger partial charge is 0.253 e. The molecule has 1 aliphatic rings. The van der Waals surface area contributed by atoms with Crippen molar-refractivity contribution in [1.29, 1.82) is 0 Å². The van der Waals surface area contributed by atoms with Crippen LogP contribution in [0.2, 0.25) is 10.0 Å². The fourth-order valence-electron chi connectivity index (χ4n) is 1.54. The molecule has 0 radical (unpaired) electrons. The molecule has 1 heterocycles. The summed E-state index contributed by atoms with van der Waals surface area (Å²) in [6, 6.07) is 4.24. The highest BCUT2D eigenvalue weighted by atomic mass is 35.5. The van der Waals surface area contributed by atoms with Gasteiger partial charge in [0, 0.05) is 10.8 Å². The van der Waals surface area contributed by atoms with Gasteiger partial charge in [-0.25, -0.2) is 0 Å². The van der Waals surface area contributed by atoms with Crippen molar-refractivity contribution in [2.75, 3.05) is 5.75 Å². The summed E-state index contributed by atoms with van der Waals surface area (Å²) in [6.45, 7) is 0. The van der Waals surface area contributed by atoms with Crippen LogP contribution in [0.5, 0.6) is 0 Å². The number of rotatable bonds is 2. The van der Waals surface area contributed by atoms with Crippen LogP contribution in [-0.2, 0) is 4.79 Å². The van der Waals surface area contributed by atoms with Gasteiger partial charge in [0.1, 0.15) is 0 Å². The van der Waals surface area contributed by atoms with Crippen molar-refractivity contribution < 1.29 is 9.59 Å². The Bertz CT molecular complexity index is 479. The molecule has 0 spiro atoms. The monoisotopic (exact) mass is 289 g/mol. The van der Waals surface area contributed by atoms with Gasteiger partial charge in [-0.1, -0.05) is 35.0 Å². The molecule has 0 bridgehead atoms. The molecule has 1 unspecified atom stereocenters. The van der Waals surface area contributed by atoms with Crippen molar-refractivity contribution in [2.24, 2.45) is 0 Å². The first-order valence-corrected chi connectivity index (χ1v) is 6.74. The number of carbonyl (C=O) groups is 2. The lowest BCUT2D eigenvalue weighted by atomic mass is 10.2. The van der Waals surface area contributed by atoms with Gasteiger partial charge < -0.3 is 5.32 Å². The second-order valence-electron chi connectivity index (χ2n) is 3.61. The summed E-state index contributed by atoms with van der Waals surface area (Å²) < 4.78 is 0. The highest BCUT2D eigenvalue weighted by Crippen LogP contribution is 2.23. The number of halogens is 2. The Balaban J connectivity index is 2.11. The summed E-state index contributed by atoms with van der Waals surface area (Å²) in [7, 11) is 0. The molecule has 1 aliphatic heterocycles. The molecule has 3 nitrogen and oxygen atoms in total. The van der Waals surface area contributed by atoms with E-state index in [-0.39, 0.29) is 16.0 Å². The minimum atomic E-state index is -0.403. The van der Waals surface area contributed by atoms with Gasteiger partial charge in [0.05, 0.1) is 16.6 Å². The zero-order chi connectivity index (χ0) is 12.4. The van der Waals surface area contributed by atoms with Crippen molar-refractivity contribution in [3.63, 3.8) is 0 Å². The van der Waals surface area contributed by atoms with E-state index in [0.29, 0.717) is 17.0 Å². The third-order valence-electron chi connectivity index (χ3n) is 2.42. The van der Waals surface area contributed by atoms with Crippen LogP contribution in [0.15, 0.2) is 18.2 Å². The predicted octanol–water partition coefficient (Wildman–Crippen LogP) is 2.76. The van der Waals surface area contributed by atoms with Gasteiger partial charge >= 0.3 is 0 Å². The van der Waals surface area contributed by atoms with Crippen LogP contribution in [0.1, 0.15) is 16.8 Å². The molecule has 1 saturated heterocycles. The lowest BCUT2D eigenvalue weighted by molar-refractivity contribution is -0.112. The fourth-order valence-corrected chi connectivity index (χ4v) is 2.96. The number of benzene rings is 1. The number of hydrogen-bond donors (Lipinski definition) is 1. The van der Waals surface area contributed by atoms with E-state index >= 15 is 0 Å². The normalized spacial score (nSPS) is 19.4. The molecule has 1 aromatic carbocycles. The van der Waals surface area contributed by atoms with Crippen molar-refractivity contribution in [1.82, 2.24) is 5.32 Å². The van der Waals surface area contributed by atoms with E-state index in [2.05, 4.69) is 5.32 Å². The Hall–Kier alpha value is -0.710. The maximum Gasteiger partial charge on any atom is 0.253 e. The van der Waals surface area contributed by atoms with E-state index in [4.69, 9.17) is 23.2 Å². The largest absolute Gasteiger partial charge is 0.341 e. The molecule has 1 N–H and O–H groups in total. The lowest BCUT2D eigenvalue weighted by Gasteiger charge is -2.11. The van der Waals surface area contributed by atoms with Gasteiger partial charge in [0.2, 0.25) is 5.12 Å². The maximum atomic E-state index is 11.9. The molecule has 2 rings (SSSR count). The van der Waals surface area contributed by atoms with Crippen LogP contribution >= 0.6 is 35.0 Å². The quantitative estimate of drug-likeness (QED) is 0.911. The van der Waals surface area contributed by atoms with Crippen LogP contribution in [0.25, 0.3) is 0 Å². The van der Waals surface area contributed by atoms with Crippen molar-refractivity contribution in [3.8, 4) is 0 Å². The van der Waals surface area contributed by atoms with Crippen LogP contribution in [0, 0.1) is 0 Å². The van der Waals surface area contributed by atoms with Gasteiger partial charge in [-0.15, -0.1) is 0 Å². The molecule has 90 valence electrons. The second kappa shape index (κ2) is 5.29. The molecule has 17 heavy (non-hydrogen) atoms. The van der Waals surface area contributed by atoms with Crippen molar-refractivity contribution in [3.05, 3.63) is 33.8 Å². The maximum absolute atomic E-state index is 11.9. The van der Waals surface area contributed by atoms with Gasteiger partial charge in [0.15, 0.2) is 0 Å². The summed E-state index contributed by atoms with van der Waals surface area (Å²) in [5, 5.41) is 3.43. The highest BCUT2D eigenvalue weighted by molar-refractivity contribution is 8.14. The highest BCUT2D eigenvalue weighted by Gasteiger charge is 2.27. The molecule has 1 fully saturated rings. The van der Waals surface area contributed by atoms with Crippen LogP contribution in [0.4, 0.5) is 0 Å². The summed E-state index contributed by atoms with van der Waals surface area (Å²) in [5.74, 6) is 0.408. The van der Waals surface area contributed by atoms with E-state index in [9.17, 15) is 9.59 Å². The lowest BCUT2D eigenvalue weighted by Crippen LogP contribution is -2.37. The topological polar surface area (TPSA) is 46.2 Å². The number of nitrogens with one attached hydrogen (secondary N) is 1. The van der Waals surface area contributed by atoms with Crippen LogP contribution < -0.4 is 5.32 Å². The van der Waals surface area contributed by atoms with Crippen molar-refractivity contribution >= 4 is 46.0 Å². The van der Waals surface area contributed by atoms with E-state index in [1.807, 2.05) is 0 Å². The fraction of sp³-hybridized carbons (Fsp3) is 0.273. The number of thioether (sulfide) groups is 1. The van der Waals surface area contributed by atoms with E-state index < -0.39 is 6.04 Å². The molecule has 6 heteroatoms. The summed E-state index contributed by atoms with van der Waals surface area (Å²) in [5.41, 5.74) is 0.334. The minimum absolute atomic E-state index is 0.00318. The Kier molecular flexibility index (Phi) is 3.97. The third kappa shape index (κ3) is 2.94. The number of carbonyl (C=O) groups excluding carboxylic acids is 2. The zero-order valence-electron chi connectivity index (χ0n) is 8.70. The van der Waals surface area contributed by atoms with Gasteiger partial charge in [-0.3, -0.25) is 9.59 Å². The van der Waals surface area contributed by atoms with E-state index in [0.717, 1.165) is 5.75 Å². The van der Waals surface area contributed by atoms with E-state index in [1.54, 1.807) is 12.1 Å². The van der Waals surface area contributed by atoms with Gasteiger partial charge in [-0.2, -0.15) is 0 Å². The SMILES string of the molecule is O=C(NC1CCSC1=O)c1ccc(Cl)cc1Cl. The van der Waals surface area contributed by atoms with Crippen molar-refractivity contribution in [2.45, 2.75) is 12.5 Å². The summed E-state index contributed by atoms with van der Waals surface area (Å²) >= 11 is 12.9. The minimum Gasteiger partial charge on any atom is -0.341 e. The van der Waals surface area contributed by atoms with Crippen LogP contribution in [0.3, 0.4) is 0 Å². The van der Waals surface area contributed by atoms with Crippen LogP contribution in [-0.4, -0.2) is 22.8 Å². The second-order valence-corrected chi connectivity index (χ2v) is 5.55. The Labute approximate surface area is 113 Å². The first kappa shape index (κ1) is 12.7. The van der Waals surface area contributed by atoms with E-state index in [1.165, 1.54) is 17.8 Å². The molecule has 0 aromatic heterocycles. The molecule has 0 aliphatic carbocycles. The Morgan fingerprint density at radius 1 is 1.41 bits per heavy atom. The average Bonchev–Trinajstić information content (AvgIpc) is 2.64. The molecule has 1 amide bonds. The Morgan fingerprint density at radius 2 is 2.18 bits per heavy atom. The van der Waals surface area contributed by atoms with Gasteiger partial charge in [-0.05, 0) is 24.6 Å². The zero-order valence-corrected chi connectivity index (χ0v) is 11.0. The summed E-state index contributed by atoms with van der Waals surface area (Å²) in [4.78, 5) is 23.3. The first-order chi connectivity index (χ1) is 8.08. The molecule has 0 saturated carbocycles.